The summed E-state index contributed by atoms with van der Waals surface area (Å²) in [5, 5.41) is 14.1. The number of hydrogen-bond acceptors (Lipinski definition) is 6. The molecule has 0 saturated carbocycles. The number of nitrogens with one attached hydrogen (secondary N) is 2. The maximum Gasteiger partial charge on any atom is 0.204 e. The fourth-order valence-corrected chi connectivity index (χ4v) is 3.41. The first-order chi connectivity index (χ1) is 15.7. The smallest absolute Gasteiger partial charge is 0.204 e. The summed E-state index contributed by atoms with van der Waals surface area (Å²) in [4.78, 5) is 12.4. The molecule has 0 saturated heterocycles. The number of H-pyrrole nitrogens is 2. The van der Waals surface area contributed by atoms with E-state index in [1.807, 2.05) is 43.3 Å². The van der Waals surface area contributed by atoms with Gasteiger partial charge in [-0.2, -0.15) is 5.21 Å². The van der Waals surface area contributed by atoms with Crippen molar-refractivity contribution >= 4 is 0 Å². The van der Waals surface area contributed by atoms with Crippen LogP contribution in [-0.2, 0) is 6.61 Å². The number of aryl methyl sites for hydroxylation is 1. The number of rotatable bonds is 6. The molecule has 5 aromatic rings. The van der Waals surface area contributed by atoms with E-state index >= 15 is 0 Å². The van der Waals surface area contributed by atoms with Crippen molar-refractivity contribution < 1.29 is 9.13 Å². The minimum Gasteiger partial charge on any atom is -0.488 e. The van der Waals surface area contributed by atoms with Crippen LogP contribution in [0.2, 0.25) is 0 Å². The van der Waals surface area contributed by atoms with Gasteiger partial charge in [0.25, 0.3) is 0 Å². The SMILES string of the molecule is Cc1nc(-c2ccc(F)cc2OCc2ccccc2)c(-c2cc(-c3nn[nH]n3)ccn2)[nH]1. The third kappa shape index (κ3) is 3.95. The molecule has 0 fully saturated rings. The lowest BCUT2D eigenvalue weighted by Gasteiger charge is -2.12. The molecular formula is C23H18FN7O. The van der Waals surface area contributed by atoms with Crippen LogP contribution in [0.5, 0.6) is 5.75 Å². The van der Waals surface area contributed by atoms with Gasteiger partial charge >= 0.3 is 0 Å². The molecule has 0 aliphatic heterocycles. The van der Waals surface area contributed by atoms with Gasteiger partial charge in [-0.1, -0.05) is 30.3 Å². The number of aromatic amines is 2. The van der Waals surface area contributed by atoms with Crippen molar-refractivity contribution in [3.05, 3.63) is 84.1 Å². The van der Waals surface area contributed by atoms with Gasteiger partial charge in [0.1, 0.15) is 29.7 Å². The molecular weight excluding hydrogens is 409 g/mol. The predicted molar refractivity (Wildman–Crippen MR) is 116 cm³/mol. The summed E-state index contributed by atoms with van der Waals surface area (Å²) in [6.45, 7) is 2.16. The molecule has 0 atom stereocenters. The quantitative estimate of drug-likeness (QED) is 0.418. The van der Waals surface area contributed by atoms with Gasteiger partial charge in [0.2, 0.25) is 5.82 Å². The van der Waals surface area contributed by atoms with Gasteiger partial charge in [-0.3, -0.25) is 4.98 Å². The Labute approximate surface area is 182 Å². The number of pyridine rings is 1. The normalized spacial score (nSPS) is 10.9. The number of halogens is 1. The van der Waals surface area contributed by atoms with Gasteiger partial charge in [-0.05, 0) is 42.0 Å². The predicted octanol–water partition coefficient (Wildman–Crippen LogP) is 4.35. The Bertz CT molecular complexity index is 1350. The highest BCUT2D eigenvalue weighted by Crippen LogP contribution is 2.36. The van der Waals surface area contributed by atoms with Gasteiger partial charge in [0, 0.05) is 23.4 Å². The zero-order valence-electron chi connectivity index (χ0n) is 17.1. The van der Waals surface area contributed by atoms with Crippen LogP contribution in [0.25, 0.3) is 34.0 Å². The molecule has 0 aliphatic rings. The van der Waals surface area contributed by atoms with Crippen molar-refractivity contribution in [1.82, 2.24) is 35.6 Å². The molecule has 0 aliphatic carbocycles. The second kappa shape index (κ2) is 8.38. The highest BCUT2D eigenvalue weighted by Gasteiger charge is 2.19. The number of aromatic nitrogens is 7. The molecule has 9 heteroatoms. The first-order valence-electron chi connectivity index (χ1n) is 9.91. The lowest BCUT2D eigenvalue weighted by Crippen LogP contribution is -1.98. The minimum atomic E-state index is -0.386. The number of nitrogens with zero attached hydrogens (tertiary/aromatic N) is 5. The molecule has 2 N–H and O–H groups in total. The zero-order valence-corrected chi connectivity index (χ0v) is 17.1. The van der Waals surface area contributed by atoms with E-state index in [2.05, 4.69) is 35.6 Å². The monoisotopic (exact) mass is 427 g/mol. The van der Waals surface area contributed by atoms with Crippen LogP contribution in [-0.4, -0.2) is 35.6 Å². The highest BCUT2D eigenvalue weighted by molar-refractivity contribution is 5.81. The molecule has 0 radical (unpaired) electrons. The Morgan fingerprint density at radius 1 is 1.03 bits per heavy atom. The fourth-order valence-electron chi connectivity index (χ4n) is 3.41. The Kier molecular flexibility index (Phi) is 5.12. The maximum atomic E-state index is 14.1. The summed E-state index contributed by atoms with van der Waals surface area (Å²) < 4.78 is 20.1. The molecule has 32 heavy (non-hydrogen) atoms. The van der Waals surface area contributed by atoms with E-state index in [4.69, 9.17) is 4.74 Å². The third-order valence-corrected chi connectivity index (χ3v) is 4.88. The van der Waals surface area contributed by atoms with Gasteiger partial charge < -0.3 is 9.72 Å². The zero-order chi connectivity index (χ0) is 21.9. The lowest BCUT2D eigenvalue weighted by molar-refractivity contribution is 0.306. The van der Waals surface area contributed by atoms with Crippen molar-refractivity contribution in [1.29, 1.82) is 0 Å². The van der Waals surface area contributed by atoms with E-state index in [9.17, 15) is 4.39 Å². The number of hydrogen-bond donors (Lipinski definition) is 2. The molecule has 3 heterocycles. The van der Waals surface area contributed by atoms with E-state index in [1.165, 1.54) is 12.1 Å². The van der Waals surface area contributed by atoms with Crippen molar-refractivity contribution in [2.45, 2.75) is 13.5 Å². The number of tetrazole rings is 1. The molecule has 0 bridgehead atoms. The second-order valence-corrected chi connectivity index (χ2v) is 7.13. The van der Waals surface area contributed by atoms with Crippen LogP contribution in [0.1, 0.15) is 11.4 Å². The van der Waals surface area contributed by atoms with Crippen molar-refractivity contribution in [3.63, 3.8) is 0 Å². The largest absolute Gasteiger partial charge is 0.488 e. The molecule has 0 amide bonds. The summed E-state index contributed by atoms with van der Waals surface area (Å²) in [6.07, 6.45) is 1.67. The Hall–Kier alpha value is -4.40. The highest BCUT2D eigenvalue weighted by atomic mass is 19.1. The third-order valence-electron chi connectivity index (χ3n) is 4.88. The van der Waals surface area contributed by atoms with Crippen LogP contribution in [0.4, 0.5) is 4.39 Å². The molecule has 3 aromatic heterocycles. The number of imidazole rings is 1. The second-order valence-electron chi connectivity index (χ2n) is 7.13. The topological polar surface area (TPSA) is 105 Å². The molecule has 8 nitrogen and oxygen atoms in total. The van der Waals surface area contributed by atoms with Crippen LogP contribution in [0.3, 0.4) is 0 Å². The summed E-state index contributed by atoms with van der Waals surface area (Å²) in [6, 6.07) is 17.8. The number of ether oxygens (including phenoxy) is 1. The van der Waals surface area contributed by atoms with Gasteiger partial charge in [-0.15, -0.1) is 10.2 Å². The fraction of sp³-hybridized carbons (Fsp3) is 0.0870. The molecule has 0 unspecified atom stereocenters. The summed E-state index contributed by atoms with van der Waals surface area (Å²) in [5.41, 5.74) is 4.33. The minimum absolute atomic E-state index is 0.307. The Morgan fingerprint density at radius 3 is 2.72 bits per heavy atom. The van der Waals surface area contributed by atoms with Gasteiger partial charge in [0.05, 0.1) is 11.4 Å². The average molecular weight is 427 g/mol. The van der Waals surface area contributed by atoms with Crippen molar-refractivity contribution in [2.75, 3.05) is 0 Å². The van der Waals surface area contributed by atoms with E-state index < -0.39 is 0 Å². The summed E-state index contributed by atoms with van der Waals surface area (Å²) in [5.74, 6) is 1.17. The molecule has 0 spiro atoms. The standard InChI is InChI=1S/C23H18FN7O/c1-14-26-21(22(27-14)19-11-16(9-10-25-19)23-28-30-31-29-23)18-8-7-17(24)12-20(18)32-13-15-5-3-2-4-6-15/h2-12H,13H2,1H3,(H,26,27)(H,28,29,30,31). The van der Waals surface area contributed by atoms with E-state index in [0.717, 1.165) is 11.1 Å². The Morgan fingerprint density at radius 2 is 1.91 bits per heavy atom. The van der Waals surface area contributed by atoms with Crippen LogP contribution < -0.4 is 4.74 Å². The molecule has 158 valence electrons. The summed E-state index contributed by atoms with van der Waals surface area (Å²) in [7, 11) is 0. The first kappa shape index (κ1) is 19.6. The van der Waals surface area contributed by atoms with Crippen LogP contribution in [0.15, 0.2) is 66.9 Å². The van der Waals surface area contributed by atoms with Crippen molar-refractivity contribution in [2.24, 2.45) is 0 Å². The van der Waals surface area contributed by atoms with E-state index in [1.54, 1.807) is 18.3 Å². The average Bonchev–Trinajstić information content (AvgIpc) is 3.49. The molecule has 5 rings (SSSR count). The lowest BCUT2D eigenvalue weighted by atomic mass is 10.1. The van der Waals surface area contributed by atoms with Gasteiger partial charge in [-0.25, -0.2) is 9.37 Å². The van der Waals surface area contributed by atoms with Crippen LogP contribution in [0, 0.1) is 12.7 Å². The Balaban J connectivity index is 1.55. The van der Waals surface area contributed by atoms with E-state index in [-0.39, 0.29) is 5.82 Å². The maximum absolute atomic E-state index is 14.1. The summed E-state index contributed by atoms with van der Waals surface area (Å²) >= 11 is 0. The van der Waals surface area contributed by atoms with E-state index in [0.29, 0.717) is 46.7 Å². The van der Waals surface area contributed by atoms with Crippen LogP contribution >= 0.6 is 0 Å². The first-order valence-corrected chi connectivity index (χ1v) is 9.91. The number of benzene rings is 2. The molecule has 2 aromatic carbocycles. The van der Waals surface area contributed by atoms with Crippen molar-refractivity contribution in [3.8, 4) is 39.8 Å². The van der Waals surface area contributed by atoms with Gasteiger partial charge in [0.15, 0.2) is 0 Å².